The normalized spacial score (nSPS) is 29.6. The second-order valence-electron chi connectivity index (χ2n) is 19.5. The number of aliphatic hydroxyl groups excluding tert-OH is 1. The molecule has 3 fully saturated rings. The van der Waals surface area contributed by atoms with E-state index >= 15 is 0 Å². The number of carboxylic acid groups (broad SMARTS) is 1. The van der Waals surface area contributed by atoms with Crippen LogP contribution in [-0.2, 0) is 38.0 Å². The molecule has 0 aromatic heterocycles. The topological polar surface area (TPSA) is 130 Å². The highest BCUT2D eigenvalue weighted by molar-refractivity contribution is 5.67. The van der Waals surface area contributed by atoms with Crippen molar-refractivity contribution in [2.45, 2.75) is 198 Å². The summed E-state index contributed by atoms with van der Waals surface area (Å²) in [6, 6.07) is 0. The first-order valence-electron chi connectivity index (χ1n) is 22.0. The van der Waals surface area contributed by atoms with E-state index in [9.17, 15) is 9.59 Å². The molecule has 0 radical (unpaired) electrons. The fourth-order valence-electron chi connectivity index (χ4n) is 6.93. The SMILES string of the molecule is CC(C)[C@H](C)/C=C\C(C)[C@H]1OC(C)(C)O[C@H]1CC(=O)O.CC(C)[C@H](C)/C=C\C(C)[C@H]1OC(C)(C)O[C@H]1CC=O.CC(C)[C@H](C)/C=C\C(C)[C@H]1OC(C)(C)O[C@H]1CCO. The molecule has 2 N–H and O–H groups in total. The van der Waals surface area contributed by atoms with Crippen LogP contribution in [0.5, 0.6) is 0 Å². The van der Waals surface area contributed by atoms with Crippen LogP contribution in [0.3, 0.4) is 0 Å². The maximum absolute atomic E-state index is 10.9. The minimum Gasteiger partial charge on any atom is -0.481 e. The maximum atomic E-state index is 10.9. The van der Waals surface area contributed by atoms with Crippen molar-refractivity contribution in [1.82, 2.24) is 0 Å². The van der Waals surface area contributed by atoms with Crippen molar-refractivity contribution in [2.75, 3.05) is 6.61 Å². The third-order valence-electron chi connectivity index (χ3n) is 11.6. The first kappa shape index (κ1) is 54.1. The van der Waals surface area contributed by atoms with Crippen molar-refractivity contribution in [3.63, 3.8) is 0 Å². The van der Waals surface area contributed by atoms with Crippen LogP contribution in [0, 0.1) is 53.3 Å². The predicted molar refractivity (Wildman–Crippen MR) is 233 cm³/mol. The molecule has 3 unspecified atom stereocenters. The number of carbonyl (C=O) groups excluding carboxylic acids is 1. The lowest BCUT2D eigenvalue weighted by Gasteiger charge is -2.21. The highest BCUT2D eigenvalue weighted by atomic mass is 16.8. The van der Waals surface area contributed by atoms with Gasteiger partial charge in [0.1, 0.15) is 6.29 Å². The van der Waals surface area contributed by atoms with Gasteiger partial charge >= 0.3 is 5.97 Å². The number of aliphatic hydroxyl groups is 1. The maximum Gasteiger partial charge on any atom is 0.306 e. The Bertz CT molecular complexity index is 1280. The van der Waals surface area contributed by atoms with Gasteiger partial charge in [-0.2, -0.15) is 0 Å². The summed E-state index contributed by atoms with van der Waals surface area (Å²) in [7, 11) is 0. The van der Waals surface area contributed by atoms with E-state index in [0.29, 0.717) is 54.3 Å². The fraction of sp³-hybridized carbons (Fsp3) is 0.833. The van der Waals surface area contributed by atoms with Crippen LogP contribution in [0.1, 0.15) is 144 Å². The van der Waals surface area contributed by atoms with Crippen molar-refractivity contribution in [1.29, 1.82) is 0 Å². The average molecular weight is 823 g/mol. The van der Waals surface area contributed by atoms with Crippen LogP contribution in [-0.4, -0.2) is 83.1 Å². The molecule has 10 heteroatoms. The number of hydrogen-bond acceptors (Lipinski definition) is 9. The summed E-state index contributed by atoms with van der Waals surface area (Å²) >= 11 is 0. The third kappa shape index (κ3) is 19.2. The summed E-state index contributed by atoms with van der Waals surface area (Å²) in [6.45, 7) is 37.7. The molecule has 3 heterocycles. The van der Waals surface area contributed by atoms with Gasteiger partial charge in [-0.25, -0.2) is 0 Å². The van der Waals surface area contributed by atoms with E-state index in [0.717, 1.165) is 6.29 Å². The summed E-state index contributed by atoms with van der Waals surface area (Å²) in [4.78, 5) is 21.7. The van der Waals surface area contributed by atoms with E-state index in [1.807, 2.05) is 48.5 Å². The number of allylic oxidation sites excluding steroid dienone is 3. The first-order valence-corrected chi connectivity index (χ1v) is 22.0. The van der Waals surface area contributed by atoms with Crippen molar-refractivity contribution < 1.29 is 48.2 Å². The molecule has 3 saturated heterocycles. The summed E-state index contributed by atoms with van der Waals surface area (Å²) in [5, 5.41) is 18.1. The number of ether oxygens (including phenoxy) is 6. The second-order valence-corrected chi connectivity index (χ2v) is 19.5. The van der Waals surface area contributed by atoms with Crippen LogP contribution in [0.2, 0.25) is 0 Å². The number of carbonyl (C=O) groups is 2. The standard InChI is InChI=1S/C16H28O4.C16H30O3.C16H28O3/c1-10(2)11(3)7-8-12(4)15-13(9-14(17)18)19-16(5,6)20-15;2*1-11(2)12(3)7-8-13(4)15-14(9-10-17)18-16(5,6)19-15/h7-8,10-13,15H,9H2,1-6H3,(H,17,18);7-8,11-15,17H,9-10H2,1-6H3;7-8,10-15H,9H2,1-6H3/b3*8-7-/t11-,12?,13+,15-;2*12-,13?,14+,15-/m111/s1. The molecule has 3 aliphatic rings. The largest absolute Gasteiger partial charge is 0.481 e. The molecule has 0 aromatic rings. The third-order valence-corrected chi connectivity index (χ3v) is 11.6. The molecule has 10 nitrogen and oxygen atoms in total. The first-order chi connectivity index (χ1) is 26.7. The molecule has 0 saturated carbocycles. The van der Waals surface area contributed by atoms with E-state index in [4.69, 9.17) is 38.6 Å². The zero-order valence-electron chi connectivity index (χ0n) is 39.7. The molecule has 0 aliphatic carbocycles. The van der Waals surface area contributed by atoms with Crippen LogP contribution in [0.15, 0.2) is 36.5 Å². The number of rotatable bonds is 18. The predicted octanol–water partition coefficient (Wildman–Crippen LogP) is 10.4. The highest BCUT2D eigenvalue weighted by Crippen LogP contribution is 2.37. The molecule has 58 heavy (non-hydrogen) atoms. The lowest BCUT2D eigenvalue weighted by Crippen LogP contribution is -2.30. The molecule has 3 rings (SSSR count). The van der Waals surface area contributed by atoms with E-state index in [2.05, 4.69) is 113 Å². The molecule has 12 atom stereocenters. The summed E-state index contributed by atoms with van der Waals surface area (Å²) in [5.41, 5.74) is 0. The molecule has 0 aromatic carbocycles. The van der Waals surface area contributed by atoms with Gasteiger partial charge in [-0.1, -0.05) is 120 Å². The van der Waals surface area contributed by atoms with Crippen molar-refractivity contribution in [3.8, 4) is 0 Å². The Morgan fingerprint density at radius 1 is 0.517 bits per heavy atom. The minimum atomic E-state index is -0.854. The Balaban J connectivity index is 0.000000435. The number of aliphatic carboxylic acids is 1. The zero-order chi connectivity index (χ0) is 44.8. The smallest absolute Gasteiger partial charge is 0.306 e. The lowest BCUT2D eigenvalue weighted by atomic mass is 9.93. The monoisotopic (exact) mass is 823 g/mol. The molecular formula is C48H86O10. The molecular weight excluding hydrogens is 737 g/mol. The van der Waals surface area contributed by atoms with Crippen LogP contribution >= 0.6 is 0 Å². The molecule has 3 aliphatic heterocycles. The van der Waals surface area contributed by atoms with Crippen molar-refractivity contribution in [2.24, 2.45) is 53.3 Å². The lowest BCUT2D eigenvalue weighted by molar-refractivity contribution is -0.154. The number of hydrogen-bond donors (Lipinski definition) is 2. The Morgan fingerprint density at radius 3 is 1.14 bits per heavy atom. The van der Waals surface area contributed by atoms with Gasteiger partial charge in [0.05, 0.1) is 43.0 Å². The minimum absolute atomic E-state index is 0.0194. The Kier molecular flexibility index (Phi) is 22.9. The zero-order valence-corrected chi connectivity index (χ0v) is 39.7. The van der Waals surface area contributed by atoms with Gasteiger partial charge < -0.3 is 43.4 Å². The summed E-state index contributed by atoms with van der Waals surface area (Å²) in [6.07, 6.45) is 14.4. The highest BCUT2D eigenvalue weighted by Gasteiger charge is 2.45. The Hall–Kier alpha value is -1.92. The van der Waals surface area contributed by atoms with Gasteiger partial charge in [0.15, 0.2) is 17.4 Å². The van der Waals surface area contributed by atoms with Gasteiger partial charge in [-0.15, -0.1) is 0 Å². The van der Waals surface area contributed by atoms with Gasteiger partial charge in [0.2, 0.25) is 0 Å². The molecule has 0 spiro atoms. The Labute approximate surface area is 353 Å². The Morgan fingerprint density at radius 2 is 0.828 bits per heavy atom. The summed E-state index contributed by atoms with van der Waals surface area (Å²) in [5.74, 6) is 1.42. The van der Waals surface area contributed by atoms with E-state index in [-0.39, 0.29) is 55.4 Å². The van der Waals surface area contributed by atoms with Crippen LogP contribution in [0.25, 0.3) is 0 Å². The second kappa shape index (κ2) is 24.5. The van der Waals surface area contributed by atoms with E-state index in [1.54, 1.807) is 0 Å². The van der Waals surface area contributed by atoms with Crippen molar-refractivity contribution in [3.05, 3.63) is 36.5 Å². The number of aldehydes is 1. The fourth-order valence-corrected chi connectivity index (χ4v) is 6.93. The van der Waals surface area contributed by atoms with E-state index < -0.39 is 29.4 Å². The summed E-state index contributed by atoms with van der Waals surface area (Å²) < 4.78 is 35.2. The van der Waals surface area contributed by atoms with Gasteiger partial charge in [-0.05, 0) is 83.5 Å². The van der Waals surface area contributed by atoms with Crippen LogP contribution in [0.4, 0.5) is 0 Å². The average Bonchev–Trinajstić information content (AvgIpc) is 3.71. The molecule has 0 bridgehead atoms. The molecule has 0 amide bonds. The quantitative estimate of drug-likeness (QED) is 0.102. The number of carboxylic acids is 1. The van der Waals surface area contributed by atoms with Gasteiger partial charge in [-0.3, -0.25) is 4.79 Å². The van der Waals surface area contributed by atoms with Crippen molar-refractivity contribution >= 4 is 12.3 Å². The van der Waals surface area contributed by atoms with E-state index in [1.165, 1.54) is 0 Å². The molecule has 338 valence electrons. The van der Waals surface area contributed by atoms with Gasteiger partial charge in [0, 0.05) is 30.8 Å². The van der Waals surface area contributed by atoms with Gasteiger partial charge in [0.25, 0.3) is 0 Å². The van der Waals surface area contributed by atoms with Crippen LogP contribution < -0.4 is 0 Å².